The molecule has 0 unspecified atom stereocenters. The van der Waals surface area contributed by atoms with Crippen molar-refractivity contribution in [3.05, 3.63) is 18.5 Å². The lowest BCUT2D eigenvalue weighted by Crippen LogP contribution is -2.18. The first-order chi connectivity index (χ1) is 4.83. The van der Waals surface area contributed by atoms with E-state index in [1.54, 1.807) is 25.4 Å². The van der Waals surface area contributed by atoms with E-state index < -0.39 is 0 Å². The van der Waals surface area contributed by atoms with Crippen LogP contribution in [0.4, 0.5) is 0 Å². The molecule has 1 rings (SSSR count). The van der Waals surface area contributed by atoms with Gasteiger partial charge in [-0.2, -0.15) is 0 Å². The predicted octanol–water partition coefficient (Wildman–Crippen LogP) is 0.248. The van der Waals surface area contributed by atoms with Crippen LogP contribution >= 0.6 is 0 Å². The number of aromatic nitrogens is 2. The summed E-state index contributed by atoms with van der Waals surface area (Å²) in [5.41, 5.74) is 0. The molecule has 0 aliphatic heterocycles. The van der Waals surface area contributed by atoms with E-state index >= 15 is 0 Å². The summed E-state index contributed by atoms with van der Waals surface area (Å²) in [6.45, 7) is 1.73. The maximum Gasteiger partial charge on any atom is 0.334 e. The lowest BCUT2D eigenvalue weighted by Gasteiger charge is -1.97. The van der Waals surface area contributed by atoms with Gasteiger partial charge >= 0.3 is 5.97 Å². The van der Waals surface area contributed by atoms with E-state index in [0.29, 0.717) is 6.42 Å². The number of rotatable bonds is 2. The average molecular weight is 140 g/mol. The summed E-state index contributed by atoms with van der Waals surface area (Å²) >= 11 is 0. The van der Waals surface area contributed by atoms with Crippen molar-refractivity contribution in [1.82, 2.24) is 9.94 Å². The molecule has 0 aromatic carbocycles. The number of carbonyl (C=O) groups is 1. The molecule has 0 saturated carbocycles. The maximum atomic E-state index is 10.6. The van der Waals surface area contributed by atoms with Gasteiger partial charge in [-0.1, -0.05) is 11.8 Å². The summed E-state index contributed by atoms with van der Waals surface area (Å²) in [4.78, 5) is 16.4. The van der Waals surface area contributed by atoms with E-state index in [0.717, 1.165) is 4.85 Å². The van der Waals surface area contributed by atoms with Gasteiger partial charge in [0, 0.05) is 6.42 Å². The molecule has 0 spiro atoms. The summed E-state index contributed by atoms with van der Waals surface area (Å²) in [5, 5.41) is 3.68. The molecular weight excluding hydrogens is 132 g/mol. The second-order valence-electron chi connectivity index (χ2n) is 1.73. The third kappa shape index (κ3) is 1.58. The summed E-state index contributed by atoms with van der Waals surface area (Å²) in [5.74, 6) is -0.288. The molecule has 54 valence electrons. The fourth-order valence-electron chi connectivity index (χ4n) is 0.478. The van der Waals surface area contributed by atoms with Crippen molar-refractivity contribution in [2.24, 2.45) is 0 Å². The molecule has 1 aromatic heterocycles. The van der Waals surface area contributed by atoms with Crippen LogP contribution in [0.15, 0.2) is 18.5 Å². The molecule has 0 atom stereocenters. The summed E-state index contributed by atoms with van der Waals surface area (Å²) in [7, 11) is 0. The summed E-state index contributed by atoms with van der Waals surface area (Å²) in [6.07, 6.45) is 3.47. The predicted molar refractivity (Wildman–Crippen MR) is 34.1 cm³/mol. The zero-order valence-corrected chi connectivity index (χ0v) is 5.65. The monoisotopic (exact) mass is 140 g/mol. The molecule has 0 fully saturated rings. The highest BCUT2D eigenvalue weighted by molar-refractivity contribution is 5.69. The van der Waals surface area contributed by atoms with Gasteiger partial charge in [-0.05, 0) is 6.07 Å². The largest absolute Gasteiger partial charge is 0.334 e. The van der Waals surface area contributed by atoms with Crippen molar-refractivity contribution >= 4 is 5.97 Å². The first-order valence-corrected chi connectivity index (χ1v) is 3.03. The van der Waals surface area contributed by atoms with Crippen LogP contribution in [0, 0.1) is 0 Å². The van der Waals surface area contributed by atoms with Gasteiger partial charge in [0.25, 0.3) is 0 Å². The highest BCUT2D eigenvalue weighted by Gasteiger charge is 1.98. The standard InChI is InChI=1S/C6H8N2O2/c1-2-6(9)10-8-5-3-4-7-8/h3-5H,2H2,1H3. The van der Waals surface area contributed by atoms with Crippen LogP contribution in [-0.4, -0.2) is 15.9 Å². The van der Waals surface area contributed by atoms with Gasteiger partial charge in [-0.25, -0.2) is 4.79 Å². The highest BCUT2D eigenvalue weighted by atomic mass is 16.7. The number of hydrogen-bond donors (Lipinski definition) is 0. The lowest BCUT2D eigenvalue weighted by atomic mass is 10.5. The van der Waals surface area contributed by atoms with E-state index in [-0.39, 0.29) is 5.97 Å². The van der Waals surface area contributed by atoms with Gasteiger partial charge < -0.3 is 4.84 Å². The fraction of sp³-hybridized carbons (Fsp3) is 0.333. The van der Waals surface area contributed by atoms with E-state index in [2.05, 4.69) is 9.94 Å². The molecule has 4 nitrogen and oxygen atoms in total. The average Bonchev–Trinajstić information content (AvgIpc) is 2.40. The van der Waals surface area contributed by atoms with Crippen molar-refractivity contribution in [2.45, 2.75) is 13.3 Å². The molecule has 1 heterocycles. The van der Waals surface area contributed by atoms with E-state index in [1.165, 1.54) is 0 Å². The van der Waals surface area contributed by atoms with Gasteiger partial charge in [0.1, 0.15) is 0 Å². The summed E-state index contributed by atoms with van der Waals surface area (Å²) in [6, 6.07) is 1.68. The Morgan fingerprint density at radius 1 is 1.80 bits per heavy atom. The number of carbonyl (C=O) groups excluding carboxylic acids is 1. The SMILES string of the molecule is CCC(=O)On1cccn1. The third-order valence-corrected chi connectivity index (χ3v) is 0.964. The third-order valence-electron chi connectivity index (χ3n) is 0.964. The molecule has 0 radical (unpaired) electrons. The molecule has 0 saturated heterocycles. The topological polar surface area (TPSA) is 44.1 Å². The van der Waals surface area contributed by atoms with Gasteiger partial charge in [0.15, 0.2) is 0 Å². The van der Waals surface area contributed by atoms with Crippen molar-refractivity contribution in [3.63, 3.8) is 0 Å². The number of nitrogens with zero attached hydrogens (tertiary/aromatic N) is 2. The highest BCUT2D eigenvalue weighted by Crippen LogP contribution is 1.82. The minimum absolute atomic E-state index is 0.288. The Bertz CT molecular complexity index is 206. The Morgan fingerprint density at radius 2 is 2.60 bits per heavy atom. The van der Waals surface area contributed by atoms with Crippen molar-refractivity contribution in [1.29, 1.82) is 0 Å². The van der Waals surface area contributed by atoms with Crippen molar-refractivity contribution in [2.75, 3.05) is 0 Å². The van der Waals surface area contributed by atoms with Crippen LogP contribution < -0.4 is 4.84 Å². The second kappa shape index (κ2) is 3.00. The Kier molecular flexibility index (Phi) is 2.04. The van der Waals surface area contributed by atoms with E-state index in [1.807, 2.05) is 0 Å². The molecular formula is C6H8N2O2. The Hall–Kier alpha value is -1.32. The molecule has 0 N–H and O–H groups in total. The van der Waals surface area contributed by atoms with Crippen LogP contribution in [0.1, 0.15) is 13.3 Å². The van der Waals surface area contributed by atoms with E-state index in [4.69, 9.17) is 0 Å². The van der Waals surface area contributed by atoms with Gasteiger partial charge in [0.05, 0.1) is 12.4 Å². The Labute approximate surface area is 58.4 Å². The maximum absolute atomic E-state index is 10.6. The van der Waals surface area contributed by atoms with Gasteiger partial charge in [-0.3, -0.25) is 0 Å². The van der Waals surface area contributed by atoms with Crippen molar-refractivity contribution < 1.29 is 9.63 Å². The van der Waals surface area contributed by atoms with E-state index in [9.17, 15) is 4.79 Å². The molecule has 0 amide bonds. The Morgan fingerprint density at radius 3 is 3.10 bits per heavy atom. The van der Waals surface area contributed by atoms with Crippen LogP contribution in [0.3, 0.4) is 0 Å². The second-order valence-corrected chi connectivity index (χ2v) is 1.73. The first-order valence-electron chi connectivity index (χ1n) is 3.03. The molecule has 10 heavy (non-hydrogen) atoms. The minimum Gasteiger partial charge on any atom is -0.319 e. The van der Waals surface area contributed by atoms with Crippen LogP contribution in [0.25, 0.3) is 0 Å². The fourth-order valence-corrected chi connectivity index (χ4v) is 0.478. The molecule has 1 aromatic rings. The molecule has 0 bridgehead atoms. The lowest BCUT2D eigenvalue weighted by molar-refractivity contribution is -0.145. The summed E-state index contributed by atoms with van der Waals surface area (Å²) < 4.78 is 0. The van der Waals surface area contributed by atoms with Crippen LogP contribution in [-0.2, 0) is 4.79 Å². The van der Waals surface area contributed by atoms with Gasteiger partial charge in [-0.15, -0.1) is 5.10 Å². The Balaban J connectivity index is 2.48. The smallest absolute Gasteiger partial charge is 0.319 e. The van der Waals surface area contributed by atoms with Crippen molar-refractivity contribution in [3.8, 4) is 0 Å². The van der Waals surface area contributed by atoms with Crippen LogP contribution in [0.5, 0.6) is 0 Å². The van der Waals surface area contributed by atoms with Crippen LogP contribution in [0.2, 0.25) is 0 Å². The normalized spacial score (nSPS) is 9.30. The minimum atomic E-state index is -0.288. The quantitative estimate of drug-likeness (QED) is 0.591. The zero-order valence-electron chi connectivity index (χ0n) is 5.65. The van der Waals surface area contributed by atoms with Gasteiger partial charge in [0.2, 0.25) is 0 Å². The molecule has 4 heteroatoms. The number of hydrogen-bond acceptors (Lipinski definition) is 3. The first kappa shape index (κ1) is 6.80. The molecule has 0 aliphatic rings. The zero-order chi connectivity index (χ0) is 7.40. The molecule has 0 aliphatic carbocycles.